The van der Waals surface area contributed by atoms with Crippen molar-refractivity contribution in [2.45, 2.75) is 25.3 Å². The number of benzene rings is 2. The number of nitrogens with two attached hydrogens (primary N) is 1. The van der Waals surface area contributed by atoms with Crippen LogP contribution in [0.4, 0.5) is 4.39 Å². The zero-order chi connectivity index (χ0) is 18.1. The summed E-state index contributed by atoms with van der Waals surface area (Å²) in [4.78, 5) is 38.1. The van der Waals surface area contributed by atoms with Crippen molar-refractivity contribution in [2.24, 2.45) is 5.73 Å². The predicted octanol–water partition coefficient (Wildman–Crippen LogP) is 2.47. The van der Waals surface area contributed by atoms with Gasteiger partial charge in [0.1, 0.15) is 5.82 Å². The second kappa shape index (κ2) is 6.47. The Morgan fingerprint density at radius 1 is 1.04 bits per heavy atom. The number of carbonyl (C=O) groups is 3. The number of primary amides is 1. The van der Waals surface area contributed by atoms with Crippen LogP contribution in [0, 0.1) is 5.82 Å². The van der Waals surface area contributed by atoms with E-state index in [0.717, 1.165) is 4.90 Å². The number of rotatable bonds is 5. The molecule has 2 aromatic rings. The highest BCUT2D eigenvalue weighted by Gasteiger charge is 2.39. The first-order valence-electron chi connectivity index (χ1n) is 7.92. The van der Waals surface area contributed by atoms with Crippen molar-refractivity contribution in [2.75, 3.05) is 0 Å². The van der Waals surface area contributed by atoms with E-state index >= 15 is 0 Å². The van der Waals surface area contributed by atoms with Crippen molar-refractivity contribution >= 4 is 17.7 Å². The van der Waals surface area contributed by atoms with E-state index in [1.165, 1.54) is 24.3 Å². The third-order valence-corrected chi connectivity index (χ3v) is 4.46. The molecule has 0 radical (unpaired) electrons. The van der Waals surface area contributed by atoms with Gasteiger partial charge in [0.15, 0.2) is 0 Å². The molecule has 0 saturated heterocycles. The number of fused-ring (bicyclic) bond motifs is 1. The molecule has 1 aliphatic rings. The highest BCUT2D eigenvalue weighted by molar-refractivity contribution is 6.21. The first kappa shape index (κ1) is 16.8. The fourth-order valence-corrected chi connectivity index (χ4v) is 3.17. The van der Waals surface area contributed by atoms with Gasteiger partial charge in [-0.3, -0.25) is 19.3 Å². The molecule has 2 unspecified atom stereocenters. The fourth-order valence-electron chi connectivity index (χ4n) is 3.17. The third-order valence-electron chi connectivity index (χ3n) is 4.46. The second-order valence-electron chi connectivity index (χ2n) is 6.12. The molecule has 3 amide bonds. The Balaban J connectivity index is 1.84. The average Bonchev–Trinajstić information content (AvgIpc) is 2.85. The van der Waals surface area contributed by atoms with Crippen LogP contribution < -0.4 is 5.73 Å². The van der Waals surface area contributed by atoms with Crippen LogP contribution in [0.2, 0.25) is 0 Å². The normalized spacial score (nSPS) is 15.8. The highest BCUT2D eigenvalue weighted by Crippen LogP contribution is 2.29. The summed E-state index contributed by atoms with van der Waals surface area (Å²) in [7, 11) is 0. The van der Waals surface area contributed by atoms with Crippen LogP contribution in [0.15, 0.2) is 48.5 Å². The van der Waals surface area contributed by atoms with E-state index in [1.807, 2.05) is 0 Å². The molecule has 2 atom stereocenters. The summed E-state index contributed by atoms with van der Waals surface area (Å²) in [6.45, 7) is 1.70. The first-order valence-corrected chi connectivity index (χ1v) is 7.92. The Morgan fingerprint density at radius 3 is 2.04 bits per heavy atom. The molecule has 0 spiro atoms. The van der Waals surface area contributed by atoms with Crippen molar-refractivity contribution in [3.8, 4) is 0 Å². The van der Waals surface area contributed by atoms with Gasteiger partial charge in [-0.25, -0.2) is 4.39 Å². The largest absolute Gasteiger partial charge is 0.369 e. The van der Waals surface area contributed by atoms with Gasteiger partial charge < -0.3 is 5.73 Å². The summed E-state index contributed by atoms with van der Waals surface area (Å²) >= 11 is 0. The van der Waals surface area contributed by atoms with Crippen LogP contribution in [-0.2, 0) is 4.79 Å². The molecule has 0 fully saturated rings. The van der Waals surface area contributed by atoms with Crippen LogP contribution in [0.25, 0.3) is 0 Å². The lowest BCUT2D eigenvalue weighted by atomic mass is 9.91. The molecule has 2 aromatic carbocycles. The zero-order valence-electron chi connectivity index (χ0n) is 13.6. The van der Waals surface area contributed by atoms with Crippen molar-refractivity contribution in [1.82, 2.24) is 4.90 Å². The van der Waals surface area contributed by atoms with Crippen LogP contribution in [-0.4, -0.2) is 28.7 Å². The number of imide groups is 1. The maximum atomic E-state index is 13.1. The van der Waals surface area contributed by atoms with Gasteiger partial charge in [-0.1, -0.05) is 24.3 Å². The molecule has 25 heavy (non-hydrogen) atoms. The van der Waals surface area contributed by atoms with E-state index < -0.39 is 23.7 Å². The second-order valence-corrected chi connectivity index (χ2v) is 6.12. The van der Waals surface area contributed by atoms with Crippen LogP contribution in [0.3, 0.4) is 0 Å². The van der Waals surface area contributed by atoms with E-state index in [2.05, 4.69) is 0 Å². The Kier molecular flexibility index (Phi) is 4.35. The maximum absolute atomic E-state index is 13.1. The van der Waals surface area contributed by atoms with Gasteiger partial charge in [0.05, 0.1) is 17.0 Å². The number of hydrogen-bond donors (Lipinski definition) is 1. The van der Waals surface area contributed by atoms with Crippen molar-refractivity contribution in [3.63, 3.8) is 0 Å². The standard InChI is InChI=1S/C19H17FN2O3/c1-11(10-16(17(21)23)12-6-8-13(20)9-7-12)22-18(24)14-4-2-3-5-15(14)19(22)25/h2-9,11,16H,10H2,1H3,(H2,21,23). The number of hydrogen-bond acceptors (Lipinski definition) is 3. The van der Waals surface area contributed by atoms with Crippen LogP contribution in [0.1, 0.15) is 45.5 Å². The summed E-state index contributed by atoms with van der Waals surface area (Å²) in [6, 6.07) is 11.5. The van der Waals surface area contributed by atoms with Crippen LogP contribution >= 0.6 is 0 Å². The Hall–Kier alpha value is -3.02. The SMILES string of the molecule is CC(CC(C(N)=O)c1ccc(F)cc1)N1C(=O)c2ccccc2C1=O. The molecule has 128 valence electrons. The molecule has 2 N–H and O–H groups in total. The van der Waals surface area contributed by atoms with Crippen molar-refractivity contribution in [1.29, 1.82) is 0 Å². The number of amides is 3. The molecule has 0 bridgehead atoms. The quantitative estimate of drug-likeness (QED) is 0.849. The lowest BCUT2D eigenvalue weighted by Crippen LogP contribution is -2.40. The van der Waals surface area contributed by atoms with Gasteiger partial charge in [0.2, 0.25) is 5.91 Å². The first-order chi connectivity index (χ1) is 11.9. The van der Waals surface area contributed by atoms with E-state index in [-0.39, 0.29) is 18.2 Å². The summed E-state index contributed by atoms with van der Waals surface area (Å²) in [6.07, 6.45) is 0.173. The third kappa shape index (κ3) is 3.03. The molecule has 1 aliphatic heterocycles. The van der Waals surface area contributed by atoms with Gasteiger partial charge in [-0.15, -0.1) is 0 Å². The number of nitrogens with zero attached hydrogens (tertiary/aromatic N) is 1. The van der Waals surface area contributed by atoms with Gasteiger partial charge in [-0.2, -0.15) is 0 Å². The fraction of sp³-hybridized carbons (Fsp3) is 0.211. The van der Waals surface area contributed by atoms with E-state index in [4.69, 9.17) is 5.73 Å². The van der Waals surface area contributed by atoms with Gasteiger partial charge in [0.25, 0.3) is 11.8 Å². The molecule has 0 saturated carbocycles. The Morgan fingerprint density at radius 2 is 1.56 bits per heavy atom. The van der Waals surface area contributed by atoms with E-state index in [9.17, 15) is 18.8 Å². The van der Waals surface area contributed by atoms with Gasteiger partial charge in [0, 0.05) is 6.04 Å². The summed E-state index contributed by atoms with van der Waals surface area (Å²) < 4.78 is 13.1. The van der Waals surface area contributed by atoms with Gasteiger partial charge in [-0.05, 0) is 43.2 Å². The maximum Gasteiger partial charge on any atom is 0.261 e. The van der Waals surface area contributed by atoms with E-state index in [1.54, 1.807) is 31.2 Å². The minimum absolute atomic E-state index is 0.173. The predicted molar refractivity (Wildman–Crippen MR) is 89.4 cm³/mol. The molecule has 3 rings (SSSR count). The average molecular weight is 340 g/mol. The zero-order valence-corrected chi connectivity index (χ0v) is 13.6. The number of carbonyl (C=O) groups excluding carboxylic acids is 3. The molecular weight excluding hydrogens is 323 g/mol. The Bertz CT molecular complexity index is 813. The van der Waals surface area contributed by atoms with Crippen molar-refractivity contribution < 1.29 is 18.8 Å². The minimum Gasteiger partial charge on any atom is -0.369 e. The lowest BCUT2D eigenvalue weighted by Gasteiger charge is -2.26. The molecular formula is C19H17FN2O3. The van der Waals surface area contributed by atoms with Crippen molar-refractivity contribution in [3.05, 3.63) is 71.0 Å². The summed E-state index contributed by atoms with van der Waals surface area (Å²) in [5, 5.41) is 0. The highest BCUT2D eigenvalue weighted by atomic mass is 19.1. The molecule has 6 heteroatoms. The van der Waals surface area contributed by atoms with E-state index in [0.29, 0.717) is 16.7 Å². The lowest BCUT2D eigenvalue weighted by molar-refractivity contribution is -0.119. The summed E-state index contributed by atoms with van der Waals surface area (Å²) in [5.74, 6) is -2.49. The molecule has 5 nitrogen and oxygen atoms in total. The topological polar surface area (TPSA) is 80.5 Å². The smallest absolute Gasteiger partial charge is 0.261 e. The Labute approximate surface area is 144 Å². The van der Waals surface area contributed by atoms with Crippen LogP contribution in [0.5, 0.6) is 0 Å². The molecule has 1 heterocycles. The minimum atomic E-state index is -0.722. The van der Waals surface area contributed by atoms with Gasteiger partial charge >= 0.3 is 0 Å². The monoisotopic (exact) mass is 340 g/mol. The number of halogens is 1. The molecule has 0 aromatic heterocycles. The molecule has 0 aliphatic carbocycles. The summed E-state index contributed by atoms with van der Waals surface area (Å²) in [5.41, 5.74) is 6.76.